The highest BCUT2D eigenvalue weighted by molar-refractivity contribution is 9.10. The summed E-state index contributed by atoms with van der Waals surface area (Å²) >= 11 is 3.22. The van der Waals surface area contributed by atoms with Crippen LogP contribution in [0.2, 0.25) is 0 Å². The van der Waals surface area contributed by atoms with Crippen LogP contribution in [0.1, 0.15) is 38.2 Å². The van der Waals surface area contributed by atoms with Crippen LogP contribution in [0.4, 0.5) is 9.18 Å². The molecule has 0 bridgehead atoms. The van der Waals surface area contributed by atoms with Gasteiger partial charge in [-0.05, 0) is 31.4 Å². The van der Waals surface area contributed by atoms with Crippen molar-refractivity contribution in [2.24, 2.45) is 0 Å². The largest absolute Gasteiger partial charge is 0.391 e. The Morgan fingerprint density at radius 3 is 2.70 bits per heavy atom. The molecule has 0 spiro atoms. The van der Waals surface area contributed by atoms with Crippen molar-refractivity contribution < 1.29 is 19.1 Å². The second-order valence-corrected chi connectivity index (χ2v) is 8.14. The summed E-state index contributed by atoms with van der Waals surface area (Å²) in [5.74, 6) is -0.401. The predicted molar refractivity (Wildman–Crippen MR) is 102 cm³/mol. The first-order chi connectivity index (χ1) is 12.9. The van der Waals surface area contributed by atoms with Crippen molar-refractivity contribution in [3.63, 3.8) is 0 Å². The second kappa shape index (κ2) is 8.56. The maximum absolute atomic E-state index is 14.0. The number of amides is 3. The quantitative estimate of drug-likeness (QED) is 0.737. The molecule has 6 nitrogen and oxygen atoms in total. The third-order valence-corrected chi connectivity index (χ3v) is 5.57. The van der Waals surface area contributed by atoms with Crippen molar-refractivity contribution in [1.82, 2.24) is 15.1 Å². The summed E-state index contributed by atoms with van der Waals surface area (Å²) in [4.78, 5) is 28.3. The van der Waals surface area contributed by atoms with Crippen LogP contribution in [-0.2, 0) is 11.3 Å². The van der Waals surface area contributed by atoms with Gasteiger partial charge in [-0.15, -0.1) is 0 Å². The Bertz CT molecular complexity index is 713. The van der Waals surface area contributed by atoms with Crippen molar-refractivity contribution in [2.45, 2.75) is 57.3 Å². The van der Waals surface area contributed by atoms with Crippen molar-refractivity contribution in [3.05, 3.63) is 34.1 Å². The van der Waals surface area contributed by atoms with E-state index in [-0.39, 0.29) is 36.4 Å². The number of urea groups is 1. The number of aliphatic hydroxyl groups is 1. The summed E-state index contributed by atoms with van der Waals surface area (Å²) in [6.45, 7) is 2.62. The van der Waals surface area contributed by atoms with E-state index in [0.717, 1.165) is 12.8 Å². The minimum atomic E-state index is -0.641. The zero-order valence-corrected chi connectivity index (χ0v) is 16.9. The summed E-state index contributed by atoms with van der Waals surface area (Å²) in [6, 6.07) is 4.34. The molecular formula is C19H25BrFN3O3. The highest BCUT2D eigenvalue weighted by Gasteiger charge is 2.41. The molecule has 1 aliphatic carbocycles. The molecule has 1 saturated heterocycles. The van der Waals surface area contributed by atoms with Gasteiger partial charge in [-0.25, -0.2) is 9.18 Å². The minimum Gasteiger partial charge on any atom is -0.391 e. The number of hydrogen-bond acceptors (Lipinski definition) is 3. The Morgan fingerprint density at radius 1 is 1.33 bits per heavy atom. The lowest BCUT2D eigenvalue weighted by atomic mass is 10.0. The standard InChI is InChI=1S/C19H25BrFN3O3/c1-2-18(26)23-10-15(8-16(25)11-23)24(14-5-6-14)19(27)22-9-12-3-4-13(20)7-17(12)21/h3-4,7,14-16,25H,2,5-6,8-11H2,1H3,(H,22,27). The molecule has 1 saturated carbocycles. The van der Waals surface area contributed by atoms with E-state index in [4.69, 9.17) is 0 Å². The molecule has 1 aromatic carbocycles. The van der Waals surface area contributed by atoms with Crippen molar-refractivity contribution in [2.75, 3.05) is 13.1 Å². The molecule has 2 fully saturated rings. The summed E-state index contributed by atoms with van der Waals surface area (Å²) < 4.78 is 14.6. The summed E-state index contributed by atoms with van der Waals surface area (Å²) in [5.41, 5.74) is 0.411. The molecule has 148 valence electrons. The molecule has 1 aliphatic heterocycles. The number of halogens is 2. The van der Waals surface area contributed by atoms with Gasteiger partial charge in [0.2, 0.25) is 5.91 Å². The Kier molecular flexibility index (Phi) is 6.37. The lowest BCUT2D eigenvalue weighted by Crippen LogP contribution is -2.58. The van der Waals surface area contributed by atoms with Crippen LogP contribution < -0.4 is 5.32 Å². The molecule has 2 aliphatic rings. The zero-order valence-electron chi connectivity index (χ0n) is 15.3. The summed E-state index contributed by atoms with van der Waals surface area (Å²) in [5, 5.41) is 13.0. The van der Waals surface area contributed by atoms with Gasteiger partial charge in [0.05, 0.1) is 12.1 Å². The number of β-amino-alcohol motifs (C(OH)–C–C–N with tert-alkyl or cyclic N) is 1. The molecule has 1 aromatic rings. The van der Waals surface area contributed by atoms with Gasteiger partial charge in [0, 0.05) is 42.1 Å². The Labute approximate surface area is 166 Å². The number of hydrogen-bond donors (Lipinski definition) is 2. The Balaban J connectivity index is 1.67. The van der Waals surface area contributed by atoms with Gasteiger partial charge >= 0.3 is 6.03 Å². The highest BCUT2D eigenvalue weighted by Crippen LogP contribution is 2.32. The fourth-order valence-electron chi connectivity index (χ4n) is 3.58. The van der Waals surface area contributed by atoms with E-state index in [1.165, 1.54) is 6.07 Å². The molecule has 3 amide bonds. The first kappa shape index (κ1) is 20.1. The van der Waals surface area contributed by atoms with Gasteiger partial charge in [0.1, 0.15) is 5.82 Å². The first-order valence-electron chi connectivity index (χ1n) is 9.35. The van der Waals surface area contributed by atoms with E-state index in [0.29, 0.717) is 36.0 Å². The average Bonchev–Trinajstić information content (AvgIpc) is 3.45. The van der Waals surface area contributed by atoms with Crippen molar-refractivity contribution >= 4 is 27.9 Å². The van der Waals surface area contributed by atoms with Crippen LogP contribution in [0, 0.1) is 5.82 Å². The fraction of sp³-hybridized carbons (Fsp3) is 0.579. The number of rotatable bonds is 5. The molecule has 8 heteroatoms. The fourth-order valence-corrected chi connectivity index (χ4v) is 3.92. The zero-order chi connectivity index (χ0) is 19.6. The van der Waals surface area contributed by atoms with Crippen LogP contribution in [0.25, 0.3) is 0 Å². The Hall–Kier alpha value is -1.67. The topological polar surface area (TPSA) is 72.9 Å². The number of benzene rings is 1. The highest BCUT2D eigenvalue weighted by atomic mass is 79.9. The second-order valence-electron chi connectivity index (χ2n) is 7.23. The monoisotopic (exact) mass is 441 g/mol. The third-order valence-electron chi connectivity index (χ3n) is 5.07. The maximum atomic E-state index is 14.0. The van der Waals surface area contributed by atoms with E-state index >= 15 is 0 Å². The van der Waals surface area contributed by atoms with E-state index in [1.54, 1.807) is 28.9 Å². The maximum Gasteiger partial charge on any atom is 0.318 e. The number of carbonyl (C=O) groups is 2. The summed E-state index contributed by atoms with van der Waals surface area (Å²) in [7, 11) is 0. The molecular weight excluding hydrogens is 417 g/mol. The predicted octanol–water partition coefficient (Wildman–Crippen LogP) is 2.63. The molecule has 0 radical (unpaired) electrons. The van der Waals surface area contributed by atoms with Gasteiger partial charge in [-0.2, -0.15) is 0 Å². The van der Waals surface area contributed by atoms with Gasteiger partial charge in [-0.1, -0.05) is 28.9 Å². The average molecular weight is 442 g/mol. The number of carbonyl (C=O) groups excluding carboxylic acids is 2. The Morgan fingerprint density at radius 2 is 2.07 bits per heavy atom. The summed E-state index contributed by atoms with van der Waals surface area (Å²) in [6.07, 6.45) is 2.00. The normalized spacial score (nSPS) is 22.4. The number of nitrogens with zero attached hydrogens (tertiary/aromatic N) is 2. The number of nitrogens with one attached hydrogen (secondary N) is 1. The molecule has 0 aromatic heterocycles. The number of likely N-dealkylation sites (tertiary alicyclic amines) is 1. The van der Waals surface area contributed by atoms with E-state index in [2.05, 4.69) is 21.2 Å². The van der Waals surface area contributed by atoms with Crippen molar-refractivity contribution in [1.29, 1.82) is 0 Å². The lowest BCUT2D eigenvalue weighted by Gasteiger charge is -2.41. The number of aliphatic hydroxyl groups excluding tert-OH is 1. The molecule has 27 heavy (non-hydrogen) atoms. The van der Waals surface area contributed by atoms with Gasteiger partial charge in [0.15, 0.2) is 0 Å². The third kappa shape index (κ3) is 4.99. The van der Waals surface area contributed by atoms with Crippen LogP contribution in [0.5, 0.6) is 0 Å². The molecule has 2 N–H and O–H groups in total. The van der Waals surface area contributed by atoms with E-state index in [9.17, 15) is 19.1 Å². The smallest absolute Gasteiger partial charge is 0.318 e. The van der Waals surface area contributed by atoms with Crippen LogP contribution in [0.15, 0.2) is 22.7 Å². The SMILES string of the molecule is CCC(=O)N1CC(O)CC(N(C(=O)NCc2ccc(Br)cc2F)C2CC2)C1. The number of piperidine rings is 1. The van der Waals surface area contributed by atoms with E-state index < -0.39 is 6.10 Å². The van der Waals surface area contributed by atoms with Crippen molar-refractivity contribution in [3.8, 4) is 0 Å². The molecule has 3 rings (SSSR count). The molecule has 2 unspecified atom stereocenters. The molecule has 1 heterocycles. The van der Waals surface area contributed by atoms with Crippen LogP contribution >= 0.6 is 15.9 Å². The lowest BCUT2D eigenvalue weighted by molar-refractivity contribution is -0.135. The minimum absolute atomic E-state index is 0.0214. The van der Waals surface area contributed by atoms with E-state index in [1.807, 2.05) is 0 Å². The van der Waals surface area contributed by atoms with Gasteiger partial charge < -0.3 is 20.2 Å². The first-order valence-corrected chi connectivity index (χ1v) is 10.1. The van der Waals surface area contributed by atoms with Gasteiger partial charge in [-0.3, -0.25) is 4.79 Å². The molecule has 2 atom stereocenters. The van der Waals surface area contributed by atoms with Crippen LogP contribution in [0.3, 0.4) is 0 Å². The van der Waals surface area contributed by atoms with Gasteiger partial charge in [0.25, 0.3) is 0 Å². The van der Waals surface area contributed by atoms with Crippen LogP contribution in [-0.4, -0.2) is 58.1 Å².